The molecule has 0 radical (unpaired) electrons. The summed E-state index contributed by atoms with van der Waals surface area (Å²) in [7, 11) is 0. The lowest BCUT2D eigenvalue weighted by Crippen LogP contribution is -2.19. The summed E-state index contributed by atoms with van der Waals surface area (Å²) in [5, 5.41) is 7.12. The number of urea groups is 1. The molecule has 0 saturated heterocycles. The molecule has 0 bridgehead atoms. The van der Waals surface area contributed by atoms with Crippen LogP contribution in [0.4, 0.5) is 16.2 Å². The van der Waals surface area contributed by atoms with Crippen molar-refractivity contribution in [3.8, 4) is 0 Å². The first-order valence-corrected chi connectivity index (χ1v) is 6.68. The quantitative estimate of drug-likeness (QED) is 0.591. The number of benzene rings is 2. The van der Waals surface area contributed by atoms with Gasteiger partial charge in [0.1, 0.15) is 0 Å². The second kappa shape index (κ2) is 5.58. The van der Waals surface area contributed by atoms with Gasteiger partial charge in [0.15, 0.2) is 0 Å². The number of nitrogens with one attached hydrogen (secondary N) is 3. The predicted octanol–water partition coefficient (Wildman–Crippen LogP) is 3.27. The number of carbonyl (C=O) groups excluding carboxylic acids is 1. The van der Waals surface area contributed by atoms with Gasteiger partial charge in [0.2, 0.25) is 0 Å². The summed E-state index contributed by atoms with van der Waals surface area (Å²) in [5.41, 5.74) is 9.05. The van der Waals surface area contributed by atoms with Crippen LogP contribution in [0, 0.1) is 0 Å². The average Bonchev–Trinajstić information content (AvgIpc) is 2.93. The van der Waals surface area contributed by atoms with Crippen LogP contribution in [-0.2, 0) is 6.54 Å². The maximum absolute atomic E-state index is 10.9. The van der Waals surface area contributed by atoms with E-state index in [9.17, 15) is 4.79 Å². The Hall–Kier alpha value is -2.95. The maximum Gasteiger partial charge on any atom is 0.316 e. The molecule has 5 heteroatoms. The number of fused-ring (bicyclic) bond motifs is 1. The first-order chi connectivity index (χ1) is 10.2. The topological polar surface area (TPSA) is 82.9 Å². The lowest BCUT2D eigenvalue weighted by Gasteiger charge is -2.09. The zero-order valence-corrected chi connectivity index (χ0v) is 11.4. The number of anilines is 2. The lowest BCUT2D eigenvalue weighted by molar-refractivity contribution is 0.259. The minimum absolute atomic E-state index is 0.566. The van der Waals surface area contributed by atoms with Crippen molar-refractivity contribution in [3.05, 3.63) is 60.3 Å². The number of rotatable bonds is 4. The van der Waals surface area contributed by atoms with Crippen LogP contribution in [-0.4, -0.2) is 11.0 Å². The molecule has 106 valence electrons. The highest BCUT2D eigenvalue weighted by Crippen LogP contribution is 2.20. The number of carbonyl (C=O) groups is 1. The van der Waals surface area contributed by atoms with E-state index in [1.54, 1.807) is 6.07 Å². The molecule has 0 aliphatic heterocycles. The molecule has 0 fully saturated rings. The molecular formula is C16H16N4O. The predicted molar refractivity (Wildman–Crippen MR) is 85.3 cm³/mol. The number of aromatic amines is 1. The Labute approximate surface area is 122 Å². The van der Waals surface area contributed by atoms with E-state index in [-0.39, 0.29) is 0 Å². The Kier molecular flexibility index (Phi) is 3.47. The number of primary amides is 1. The number of aromatic nitrogens is 1. The molecule has 0 spiro atoms. The highest BCUT2D eigenvalue weighted by atomic mass is 16.2. The van der Waals surface area contributed by atoms with E-state index < -0.39 is 6.03 Å². The molecule has 3 rings (SSSR count). The number of nitrogens with two attached hydrogens (primary N) is 1. The van der Waals surface area contributed by atoms with E-state index >= 15 is 0 Å². The average molecular weight is 280 g/mol. The van der Waals surface area contributed by atoms with Crippen LogP contribution in [0.5, 0.6) is 0 Å². The highest BCUT2D eigenvalue weighted by Gasteiger charge is 2.02. The van der Waals surface area contributed by atoms with Crippen LogP contribution in [0.15, 0.2) is 54.7 Å². The largest absolute Gasteiger partial charge is 0.381 e. The van der Waals surface area contributed by atoms with Crippen LogP contribution in [0.3, 0.4) is 0 Å². The summed E-state index contributed by atoms with van der Waals surface area (Å²) < 4.78 is 0. The fraction of sp³-hybridized carbons (Fsp3) is 0.0625. The number of H-pyrrole nitrogens is 1. The summed E-state index contributed by atoms with van der Waals surface area (Å²) in [6.45, 7) is 0.704. The van der Waals surface area contributed by atoms with E-state index in [0.717, 1.165) is 11.2 Å². The third kappa shape index (κ3) is 2.97. The molecule has 21 heavy (non-hydrogen) atoms. The zero-order chi connectivity index (χ0) is 14.7. The van der Waals surface area contributed by atoms with Crippen LogP contribution in [0.1, 0.15) is 5.56 Å². The molecule has 5 N–H and O–H groups in total. The van der Waals surface area contributed by atoms with E-state index in [1.165, 1.54) is 10.9 Å². The van der Waals surface area contributed by atoms with Crippen molar-refractivity contribution >= 4 is 28.3 Å². The Balaban J connectivity index is 1.75. The van der Waals surface area contributed by atoms with Crippen LogP contribution < -0.4 is 16.4 Å². The van der Waals surface area contributed by atoms with Gasteiger partial charge in [-0.05, 0) is 35.9 Å². The second-order valence-corrected chi connectivity index (χ2v) is 4.78. The monoisotopic (exact) mass is 280 g/mol. The maximum atomic E-state index is 10.9. The lowest BCUT2D eigenvalue weighted by atomic mass is 10.1. The van der Waals surface area contributed by atoms with Gasteiger partial charge >= 0.3 is 6.03 Å². The van der Waals surface area contributed by atoms with Gasteiger partial charge in [-0.15, -0.1) is 0 Å². The molecule has 2 aromatic carbocycles. The molecule has 0 aliphatic carbocycles. The molecule has 3 aromatic rings. The van der Waals surface area contributed by atoms with Crippen LogP contribution in [0.2, 0.25) is 0 Å². The number of amides is 2. The van der Waals surface area contributed by atoms with Gasteiger partial charge in [-0.1, -0.05) is 18.2 Å². The van der Waals surface area contributed by atoms with Gasteiger partial charge in [0.25, 0.3) is 0 Å². The third-order valence-corrected chi connectivity index (χ3v) is 3.30. The Morgan fingerprint density at radius 3 is 2.76 bits per heavy atom. The fourth-order valence-corrected chi connectivity index (χ4v) is 2.35. The van der Waals surface area contributed by atoms with Crippen molar-refractivity contribution in [1.82, 2.24) is 4.98 Å². The van der Waals surface area contributed by atoms with Crippen molar-refractivity contribution in [2.45, 2.75) is 6.54 Å². The van der Waals surface area contributed by atoms with Crippen molar-refractivity contribution in [2.24, 2.45) is 5.73 Å². The first kappa shape index (κ1) is 13.1. The smallest absolute Gasteiger partial charge is 0.316 e. The third-order valence-electron chi connectivity index (χ3n) is 3.30. The van der Waals surface area contributed by atoms with Crippen LogP contribution in [0.25, 0.3) is 10.9 Å². The van der Waals surface area contributed by atoms with Crippen molar-refractivity contribution in [1.29, 1.82) is 0 Å². The molecule has 0 atom stereocenters. The van der Waals surface area contributed by atoms with E-state index in [0.29, 0.717) is 12.2 Å². The summed E-state index contributed by atoms with van der Waals surface area (Å²) in [6, 6.07) is 15.1. The van der Waals surface area contributed by atoms with E-state index in [2.05, 4.69) is 33.8 Å². The molecule has 0 saturated carbocycles. The molecule has 1 heterocycles. The van der Waals surface area contributed by atoms with Gasteiger partial charge in [-0.3, -0.25) is 0 Å². The van der Waals surface area contributed by atoms with Crippen LogP contribution >= 0.6 is 0 Å². The van der Waals surface area contributed by atoms with Gasteiger partial charge in [-0.25, -0.2) is 4.79 Å². The zero-order valence-electron chi connectivity index (χ0n) is 11.4. The first-order valence-electron chi connectivity index (χ1n) is 6.68. The summed E-state index contributed by atoms with van der Waals surface area (Å²) >= 11 is 0. The summed E-state index contributed by atoms with van der Waals surface area (Å²) in [6.07, 6.45) is 1.94. The highest BCUT2D eigenvalue weighted by molar-refractivity contribution is 5.88. The Morgan fingerprint density at radius 2 is 1.90 bits per heavy atom. The molecule has 0 unspecified atom stereocenters. The fourth-order valence-electron chi connectivity index (χ4n) is 2.35. The number of hydrogen-bond acceptors (Lipinski definition) is 2. The summed E-state index contributed by atoms with van der Waals surface area (Å²) in [4.78, 5) is 14.1. The Morgan fingerprint density at radius 1 is 1.10 bits per heavy atom. The molecule has 1 aromatic heterocycles. The van der Waals surface area contributed by atoms with Crippen molar-refractivity contribution in [2.75, 3.05) is 10.6 Å². The van der Waals surface area contributed by atoms with Gasteiger partial charge < -0.3 is 21.4 Å². The molecule has 2 amide bonds. The van der Waals surface area contributed by atoms with Crippen molar-refractivity contribution in [3.63, 3.8) is 0 Å². The van der Waals surface area contributed by atoms with Crippen molar-refractivity contribution < 1.29 is 4.79 Å². The standard InChI is InChI=1S/C16H16N4O/c17-16(21)20-13-5-2-4-12(9-13)19-10-11-3-1-6-15-14(11)7-8-18-15/h1-9,18-19H,10H2,(H3,17,20,21). The van der Waals surface area contributed by atoms with Gasteiger partial charge in [0, 0.05) is 35.0 Å². The minimum atomic E-state index is -0.566. The normalized spacial score (nSPS) is 10.5. The molecule has 5 nitrogen and oxygen atoms in total. The Bertz CT molecular complexity index is 779. The molecular weight excluding hydrogens is 264 g/mol. The minimum Gasteiger partial charge on any atom is -0.381 e. The van der Waals surface area contributed by atoms with E-state index in [1.807, 2.05) is 30.5 Å². The van der Waals surface area contributed by atoms with Gasteiger partial charge in [0.05, 0.1) is 0 Å². The SMILES string of the molecule is NC(=O)Nc1cccc(NCc2cccc3[nH]ccc23)c1. The van der Waals surface area contributed by atoms with Gasteiger partial charge in [-0.2, -0.15) is 0 Å². The summed E-state index contributed by atoms with van der Waals surface area (Å²) in [5.74, 6) is 0. The second-order valence-electron chi connectivity index (χ2n) is 4.78. The molecule has 0 aliphatic rings. The number of hydrogen-bond donors (Lipinski definition) is 4. The van der Waals surface area contributed by atoms with E-state index in [4.69, 9.17) is 5.73 Å².